The van der Waals surface area contributed by atoms with Crippen molar-refractivity contribution >= 4 is 17.3 Å². The molecule has 1 atom stereocenters. The summed E-state index contributed by atoms with van der Waals surface area (Å²) in [4.78, 5) is 2.37. The van der Waals surface area contributed by atoms with Gasteiger partial charge in [0.25, 0.3) is 0 Å². The van der Waals surface area contributed by atoms with Crippen molar-refractivity contribution in [3.05, 3.63) is 28.8 Å². The second-order valence-electron chi connectivity index (χ2n) is 5.60. The van der Waals surface area contributed by atoms with E-state index in [1.54, 1.807) is 7.11 Å². The summed E-state index contributed by atoms with van der Waals surface area (Å²) in [6, 6.07) is 6.74. The van der Waals surface area contributed by atoms with Crippen LogP contribution in [-0.4, -0.2) is 33.4 Å². The van der Waals surface area contributed by atoms with Crippen LogP contribution in [0.1, 0.15) is 25.3 Å². The molecule has 0 radical (unpaired) electrons. The van der Waals surface area contributed by atoms with E-state index in [0.717, 1.165) is 24.0 Å². The molecule has 0 heterocycles. The van der Waals surface area contributed by atoms with Gasteiger partial charge in [0.1, 0.15) is 0 Å². The van der Waals surface area contributed by atoms with Crippen LogP contribution in [0.5, 0.6) is 0 Å². The zero-order chi connectivity index (χ0) is 14.5. The fraction of sp³-hybridized carbons (Fsp3) is 0.625. The lowest BCUT2D eigenvalue weighted by molar-refractivity contribution is 0.199. The van der Waals surface area contributed by atoms with Gasteiger partial charge < -0.3 is 15.0 Å². The van der Waals surface area contributed by atoms with Gasteiger partial charge in [0.2, 0.25) is 0 Å². The van der Waals surface area contributed by atoms with E-state index in [9.17, 15) is 0 Å². The molecule has 1 unspecified atom stereocenters. The summed E-state index contributed by atoms with van der Waals surface area (Å²) in [5, 5.41) is 4.22. The van der Waals surface area contributed by atoms with E-state index >= 15 is 0 Å². The first-order valence-electron chi connectivity index (χ1n) is 7.35. The van der Waals surface area contributed by atoms with Crippen molar-refractivity contribution in [2.45, 2.75) is 32.4 Å². The number of nitrogens with zero attached hydrogens (tertiary/aromatic N) is 1. The van der Waals surface area contributed by atoms with Gasteiger partial charge in [0, 0.05) is 49.6 Å². The first-order chi connectivity index (χ1) is 9.65. The minimum Gasteiger partial charge on any atom is -0.383 e. The second-order valence-corrected chi connectivity index (χ2v) is 6.00. The van der Waals surface area contributed by atoms with Gasteiger partial charge in [-0.3, -0.25) is 0 Å². The third-order valence-electron chi connectivity index (χ3n) is 4.17. The molecule has 0 aliphatic heterocycles. The molecule has 1 aromatic rings. The molecule has 1 aromatic carbocycles. The fourth-order valence-corrected chi connectivity index (χ4v) is 2.79. The maximum atomic E-state index is 6.39. The van der Waals surface area contributed by atoms with Gasteiger partial charge in [-0.05, 0) is 37.8 Å². The van der Waals surface area contributed by atoms with Crippen molar-refractivity contribution < 1.29 is 4.74 Å². The molecular weight excluding hydrogens is 272 g/mol. The Morgan fingerprint density at radius 3 is 2.85 bits per heavy atom. The van der Waals surface area contributed by atoms with Crippen LogP contribution in [0.3, 0.4) is 0 Å². The largest absolute Gasteiger partial charge is 0.383 e. The number of ether oxygens (including phenoxy) is 1. The van der Waals surface area contributed by atoms with Crippen molar-refractivity contribution in [2.24, 2.45) is 5.92 Å². The van der Waals surface area contributed by atoms with Crippen molar-refractivity contribution in [3.63, 3.8) is 0 Å². The molecule has 112 valence electrons. The number of hydrogen-bond acceptors (Lipinski definition) is 3. The Labute approximate surface area is 127 Å². The molecule has 3 nitrogen and oxygen atoms in total. The third-order valence-corrected chi connectivity index (χ3v) is 4.53. The first-order valence-corrected chi connectivity index (χ1v) is 7.72. The van der Waals surface area contributed by atoms with Crippen LogP contribution in [0, 0.1) is 5.92 Å². The Kier molecular flexibility index (Phi) is 5.70. The topological polar surface area (TPSA) is 24.5 Å². The molecule has 20 heavy (non-hydrogen) atoms. The average molecular weight is 297 g/mol. The molecule has 4 heteroatoms. The molecular formula is C16H25ClN2O. The van der Waals surface area contributed by atoms with Gasteiger partial charge in [-0.2, -0.15) is 0 Å². The smallest absolute Gasteiger partial charge is 0.0587 e. The number of methoxy groups -OCH3 is 1. The Bertz CT molecular complexity index is 434. The summed E-state index contributed by atoms with van der Waals surface area (Å²) in [6.45, 7) is 4.64. The predicted molar refractivity (Wildman–Crippen MR) is 85.6 cm³/mol. The fourth-order valence-electron chi connectivity index (χ4n) is 2.55. The Morgan fingerprint density at radius 2 is 2.20 bits per heavy atom. The summed E-state index contributed by atoms with van der Waals surface area (Å²) >= 11 is 6.39. The van der Waals surface area contributed by atoms with Crippen LogP contribution in [0.25, 0.3) is 0 Å². The van der Waals surface area contributed by atoms with Crippen LogP contribution in [0.2, 0.25) is 5.02 Å². The molecule has 1 N–H and O–H groups in total. The van der Waals surface area contributed by atoms with Gasteiger partial charge >= 0.3 is 0 Å². The molecule has 1 aliphatic rings. The summed E-state index contributed by atoms with van der Waals surface area (Å²) in [5.41, 5.74) is 2.42. The van der Waals surface area contributed by atoms with Gasteiger partial charge in [0.15, 0.2) is 0 Å². The maximum absolute atomic E-state index is 6.39. The van der Waals surface area contributed by atoms with Gasteiger partial charge in [-0.1, -0.05) is 17.7 Å². The molecule has 0 aromatic heterocycles. The summed E-state index contributed by atoms with van der Waals surface area (Å²) in [7, 11) is 3.89. The number of benzene rings is 1. The van der Waals surface area contributed by atoms with Crippen molar-refractivity contribution in [2.75, 3.05) is 32.2 Å². The van der Waals surface area contributed by atoms with Crippen molar-refractivity contribution in [1.82, 2.24) is 5.32 Å². The van der Waals surface area contributed by atoms with E-state index in [1.165, 1.54) is 24.1 Å². The van der Waals surface area contributed by atoms with E-state index in [2.05, 4.69) is 30.3 Å². The SMILES string of the molecule is COCCNCc1c(Cl)cccc1N(C)C(C)C1CC1. The highest BCUT2D eigenvalue weighted by Crippen LogP contribution is 2.38. The van der Waals surface area contributed by atoms with Gasteiger partial charge in [0.05, 0.1) is 6.61 Å². The van der Waals surface area contributed by atoms with Crippen LogP contribution in [0.4, 0.5) is 5.69 Å². The van der Waals surface area contributed by atoms with Gasteiger partial charge in [-0.15, -0.1) is 0 Å². The number of nitrogens with one attached hydrogen (secondary N) is 1. The summed E-state index contributed by atoms with van der Waals surface area (Å²) < 4.78 is 5.06. The van der Waals surface area contributed by atoms with Crippen molar-refractivity contribution in [1.29, 1.82) is 0 Å². The highest BCUT2D eigenvalue weighted by atomic mass is 35.5. The molecule has 1 saturated carbocycles. The van der Waals surface area contributed by atoms with Gasteiger partial charge in [-0.25, -0.2) is 0 Å². The van der Waals surface area contributed by atoms with Crippen molar-refractivity contribution in [3.8, 4) is 0 Å². The number of rotatable bonds is 8. The van der Waals surface area contributed by atoms with E-state index < -0.39 is 0 Å². The lowest BCUT2D eigenvalue weighted by Gasteiger charge is -2.29. The van der Waals surface area contributed by atoms with Crippen LogP contribution < -0.4 is 10.2 Å². The third kappa shape index (κ3) is 3.87. The highest BCUT2D eigenvalue weighted by Gasteiger charge is 2.31. The quantitative estimate of drug-likeness (QED) is 0.745. The number of halogens is 1. The molecule has 2 rings (SSSR count). The molecule has 0 saturated heterocycles. The first kappa shape index (κ1) is 15.6. The average Bonchev–Trinajstić information content (AvgIpc) is 3.28. The molecule has 0 spiro atoms. The highest BCUT2D eigenvalue weighted by molar-refractivity contribution is 6.31. The predicted octanol–water partition coefficient (Wildman–Crippen LogP) is 3.31. The van der Waals surface area contributed by atoms with Crippen LogP contribution >= 0.6 is 11.6 Å². The lowest BCUT2D eigenvalue weighted by Crippen LogP contribution is -2.32. The lowest BCUT2D eigenvalue weighted by atomic mass is 10.1. The zero-order valence-corrected chi connectivity index (χ0v) is 13.4. The minimum absolute atomic E-state index is 0.575. The maximum Gasteiger partial charge on any atom is 0.0587 e. The summed E-state index contributed by atoms with van der Waals surface area (Å²) in [5.74, 6) is 0.841. The van der Waals surface area contributed by atoms with E-state index in [4.69, 9.17) is 16.3 Å². The van der Waals surface area contributed by atoms with E-state index in [0.29, 0.717) is 12.6 Å². The molecule has 0 amide bonds. The zero-order valence-electron chi connectivity index (χ0n) is 12.7. The minimum atomic E-state index is 0.575. The molecule has 1 fully saturated rings. The number of hydrogen-bond donors (Lipinski definition) is 1. The number of anilines is 1. The Hall–Kier alpha value is -0.770. The van der Waals surface area contributed by atoms with E-state index in [1.807, 2.05) is 12.1 Å². The Morgan fingerprint density at radius 1 is 1.45 bits per heavy atom. The standard InChI is InChI=1S/C16H25ClN2O/c1-12(13-7-8-13)19(2)16-6-4-5-15(17)14(16)11-18-9-10-20-3/h4-6,12-13,18H,7-11H2,1-3H3. The normalized spacial score (nSPS) is 16.2. The molecule has 0 bridgehead atoms. The second kappa shape index (κ2) is 7.30. The monoisotopic (exact) mass is 296 g/mol. The molecule has 1 aliphatic carbocycles. The Balaban J connectivity index is 2.08. The van der Waals surface area contributed by atoms with Crippen LogP contribution in [-0.2, 0) is 11.3 Å². The van der Waals surface area contributed by atoms with E-state index in [-0.39, 0.29) is 0 Å². The van der Waals surface area contributed by atoms with Crippen LogP contribution in [0.15, 0.2) is 18.2 Å². The summed E-state index contributed by atoms with van der Waals surface area (Å²) in [6.07, 6.45) is 2.71.